The lowest BCUT2D eigenvalue weighted by atomic mass is 10.1. The fraction of sp³-hybridized carbons (Fsp3) is 0.286. The van der Waals surface area contributed by atoms with Crippen molar-refractivity contribution in [2.45, 2.75) is 0 Å². The molecule has 158 valence electrons. The topological polar surface area (TPSA) is 79.0 Å². The Morgan fingerprint density at radius 2 is 1.60 bits per heavy atom. The first-order valence-electron chi connectivity index (χ1n) is 9.33. The van der Waals surface area contributed by atoms with E-state index in [1.54, 1.807) is 53.3 Å². The van der Waals surface area contributed by atoms with Crippen LogP contribution in [0.1, 0.15) is 20.7 Å². The molecule has 30 heavy (non-hydrogen) atoms. The van der Waals surface area contributed by atoms with Crippen LogP contribution >= 0.6 is 23.2 Å². The number of halogens is 2. The summed E-state index contributed by atoms with van der Waals surface area (Å²) in [4.78, 5) is 40.5. The van der Waals surface area contributed by atoms with Gasteiger partial charge in [-0.3, -0.25) is 14.4 Å². The van der Waals surface area contributed by atoms with E-state index in [1.807, 2.05) is 0 Å². The highest BCUT2D eigenvalue weighted by atomic mass is 35.5. The van der Waals surface area contributed by atoms with Crippen LogP contribution in [0.25, 0.3) is 0 Å². The largest absolute Gasteiger partial charge is 0.497 e. The molecule has 0 unspecified atom stereocenters. The van der Waals surface area contributed by atoms with Crippen LogP contribution in [0.5, 0.6) is 5.75 Å². The van der Waals surface area contributed by atoms with Crippen LogP contribution in [0.4, 0.5) is 0 Å². The molecule has 7 nitrogen and oxygen atoms in total. The summed E-state index contributed by atoms with van der Waals surface area (Å²) in [6.07, 6.45) is 0. The van der Waals surface area contributed by atoms with Crippen LogP contribution < -0.4 is 10.1 Å². The Kier molecular flexibility index (Phi) is 7.18. The Morgan fingerprint density at radius 3 is 2.20 bits per heavy atom. The molecule has 1 saturated heterocycles. The maximum atomic E-state index is 12.7. The minimum atomic E-state index is -0.336. The predicted octanol–water partition coefficient (Wildman–Crippen LogP) is 2.72. The summed E-state index contributed by atoms with van der Waals surface area (Å²) in [5, 5.41) is 3.38. The summed E-state index contributed by atoms with van der Waals surface area (Å²) < 4.78 is 5.06. The number of carbonyl (C=O) groups excluding carboxylic acids is 3. The number of piperazine rings is 1. The van der Waals surface area contributed by atoms with E-state index in [2.05, 4.69) is 5.32 Å². The normalized spacial score (nSPS) is 13.7. The predicted molar refractivity (Wildman–Crippen MR) is 114 cm³/mol. The van der Waals surface area contributed by atoms with E-state index < -0.39 is 0 Å². The number of ether oxygens (including phenoxy) is 1. The standard InChI is InChI=1S/C21H21Cl2N3O4/c1-30-16-5-2-14(3-6-16)20(28)24-13-19(27)25-8-10-26(11-9-25)21(29)17-7-4-15(22)12-18(17)23/h2-7,12H,8-11,13H2,1H3,(H,24,28). The summed E-state index contributed by atoms with van der Waals surface area (Å²) in [6, 6.07) is 11.4. The Hall–Kier alpha value is -2.77. The summed E-state index contributed by atoms with van der Waals surface area (Å²) in [6.45, 7) is 1.43. The van der Waals surface area contributed by atoms with E-state index >= 15 is 0 Å². The molecule has 0 atom stereocenters. The number of amides is 3. The Balaban J connectivity index is 1.48. The number of methoxy groups -OCH3 is 1. The summed E-state index contributed by atoms with van der Waals surface area (Å²) in [5.74, 6) is -0.0859. The van der Waals surface area contributed by atoms with Crippen molar-refractivity contribution in [1.29, 1.82) is 0 Å². The number of benzene rings is 2. The second kappa shape index (κ2) is 9.82. The molecule has 0 aromatic heterocycles. The summed E-state index contributed by atoms with van der Waals surface area (Å²) in [5.41, 5.74) is 0.825. The number of hydrogen-bond donors (Lipinski definition) is 1. The van der Waals surface area contributed by atoms with Crippen molar-refractivity contribution in [1.82, 2.24) is 15.1 Å². The Labute approximate surface area is 184 Å². The average molecular weight is 450 g/mol. The van der Waals surface area contributed by atoms with Gasteiger partial charge in [-0.2, -0.15) is 0 Å². The maximum Gasteiger partial charge on any atom is 0.255 e. The molecule has 0 spiro atoms. The first-order chi connectivity index (χ1) is 14.4. The van der Waals surface area contributed by atoms with Crippen molar-refractivity contribution in [2.75, 3.05) is 39.8 Å². The number of hydrogen-bond acceptors (Lipinski definition) is 4. The van der Waals surface area contributed by atoms with Gasteiger partial charge in [0.25, 0.3) is 11.8 Å². The van der Waals surface area contributed by atoms with Crippen LogP contribution in [0, 0.1) is 0 Å². The molecule has 1 aliphatic heterocycles. The minimum Gasteiger partial charge on any atom is -0.497 e. The molecule has 1 fully saturated rings. The second-order valence-corrected chi connectivity index (χ2v) is 7.55. The van der Waals surface area contributed by atoms with Gasteiger partial charge in [-0.25, -0.2) is 0 Å². The van der Waals surface area contributed by atoms with Crippen molar-refractivity contribution in [3.8, 4) is 5.75 Å². The number of carbonyl (C=O) groups is 3. The van der Waals surface area contributed by atoms with E-state index in [0.717, 1.165) is 0 Å². The number of nitrogens with zero attached hydrogens (tertiary/aromatic N) is 2. The van der Waals surface area contributed by atoms with Crippen LogP contribution in [-0.2, 0) is 4.79 Å². The molecular formula is C21H21Cl2N3O4. The molecule has 0 radical (unpaired) electrons. The molecule has 2 aromatic rings. The maximum absolute atomic E-state index is 12.7. The molecule has 3 amide bonds. The van der Waals surface area contributed by atoms with E-state index in [0.29, 0.717) is 53.1 Å². The molecule has 0 aliphatic carbocycles. The summed E-state index contributed by atoms with van der Waals surface area (Å²) in [7, 11) is 1.55. The third kappa shape index (κ3) is 5.23. The van der Waals surface area contributed by atoms with Crippen LogP contribution in [-0.4, -0.2) is 67.4 Å². The molecule has 3 rings (SSSR count). The van der Waals surface area contributed by atoms with Crippen molar-refractivity contribution in [3.05, 3.63) is 63.6 Å². The van der Waals surface area contributed by atoms with Gasteiger partial charge in [0.1, 0.15) is 5.75 Å². The van der Waals surface area contributed by atoms with Gasteiger partial charge < -0.3 is 19.9 Å². The van der Waals surface area contributed by atoms with Gasteiger partial charge in [-0.05, 0) is 42.5 Å². The quantitative estimate of drug-likeness (QED) is 0.760. The van der Waals surface area contributed by atoms with Crippen molar-refractivity contribution >= 4 is 40.9 Å². The van der Waals surface area contributed by atoms with E-state index in [4.69, 9.17) is 27.9 Å². The van der Waals surface area contributed by atoms with Gasteiger partial charge in [-0.1, -0.05) is 23.2 Å². The van der Waals surface area contributed by atoms with Crippen LogP contribution in [0.3, 0.4) is 0 Å². The van der Waals surface area contributed by atoms with E-state index in [9.17, 15) is 14.4 Å². The first kappa shape index (κ1) is 21.9. The molecule has 1 aliphatic rings. The molecule has 9 heteroatoms. The van der Waals surface area contributed by atoms with E-state index in [1.165, 1.54) is 6.07 Å². The molecule has 2 aromatic carbocycles. The molecular weight excluding hydrogens is 429 g/mol. The highest BCUT2D eigenvalue weighted by molar-refractivity contribution is 6.36. The monoisotopic (exact) mass is 449 g/mol. The lowest BCUT2D eigenvalue weighted by Crippen LogP contribution is -2.52. The Bertz CT molecular complexity index is 942. The lowest BCUT2D eigenvalue weighted by molar-refractivity contribution is -0.131. The first-order valence-corrected chi connectivity index (χ1v) is 10.1. The van der Waals surface area contributed by atoms with Crippen molar-refractivity contribution < 1.29 is 19.1 Å². The Morgan fingerprint density at radius 1 is 0.967 bits per heavy atom. The minimum absolute atomic E-state index is 0.109. The van der Waals surface area contributed by atoms with Crippen LogP contribution in [0.15, 0.2) is 42.5 Å². The molecule has 0 saturated carbocycles. The third-order valence-corrected chi connectivity index (χ3v) is 5.38. The third-order valence-electron chi connectivity index (χ3n) is 4.83. The van der Waals surface area contributed by atoms with Crippen LogP contribution in [0.2, 0.25) is 10.0 Å². The molecule has 1 heterocycles. The zero-order chi connectivity index (χ0) is 21.7. The van der Waals surface area contributed by atoms with Crippen molar-refractivity contribution in [2.24, 2.45) is 0 Å². The number of rotatable bonds is 5. The number of nitrogens with one attached hydrogen (secondary N) is 1. The molecule has 1 N–H and O–H groups in total. The fourth-order valence-corrected chi connectivity index (χ4v) is 3.59. The zero-order valence-electron chi connectivity index (χ0n) is 16.4. The van der Waals surface area contributed by atoms with Gasteiger partial charge >= 0.3 is 0 Å². The van der Waals surface area contributed by atoms with Gasteiger partial charge in [-0.15, -0.1) is 0 Å². The average Bonchev–Trinajstić information content (AvgIpc) is 2.77. The smallest absolute Gasteiger partial charge is 0.255 e. The van der Waals surface area contributed by atoms with Gasteiger partial charge in [0.2, 0.25) is 5.91 Å². The fourth-order valence-electron chi connectivity index (χ4n) is 3.10. The zero-order valence-corrected chi connectivity index (χ0v) is 17.9. The lowest BCUT2D eigenvalue weighted by Gasteiger charge is -2.35. The second-order valence-electron chi connectivity index (χ2n) is 6.71. The van der Waals surface area contributed by atoms with Gasteiger partial charge in [0, 0.05) is 36.8 Å². The summed E-state index contributed by atoms with van der Waals surface area (Å²) >= 11 is 12.0. The highest BCUT2D eigenvalue weighted by Gasteiger charge is 2.26. The SMILES string of the molecule is COc1ccc(C(=O)NCC(=O)N2CCN(C(=O)c3ccc(Cl)cc3Cl)CC2)cc1. The van der Waals surface area contributed by atoms with E-state index in [-0.39, 0.29) is 24.3 Å². The molecule has 0 bridgehead atoms. The van der Waals surface area contributed by atoms with Crippen molar-refractivity contribution in [3.63, 3.8) is 0 Å². The van der Waals surface area contributed by atoms with Gasteiger partial charge in [0.15, 0.2) is 0 Å². The highest BCUT2D eigenvalue weighted by Crippen LogP contribution is 2.22. The van der Waals surface area contributed by atoms with Gasteiger partial charge in [0.05, 0.1) is 24.2 Å².